The van der Waals surface area contributed by atoms with Crippen molar-refractivity contribution in [1.29, 1.82) is 0 Å². The number of hydrogen-bond acceptors (Lipinski definition) is 6. The van der Waals surface area contributed by atoms with Crippen LogP contribution in [0.5, 0.6) is 5.75 Å². The van der Waals surface area contributed by atoms with Crippen molar-refractivity contribution in [3.05, 3.63) is 34.4 Å². The summed E-state index contributed by atoms with van der Waals surface area (Å²) in [6, 6.07) is 2.99. The maximum Gasteiger partial charge on any atom is 0.255 e. The monoisotopic (exact) mass is 310 g/mol. The second-order valence-electron chi connectivity index (χ2n) is 4.32. The van der Waals surface area contributed by atoms with Crippen LogP contribution < -0.4 is 15.8 Å². The molecule has 1 amide bonds. The molecular weight excluding hydrogens is 296 g/mol. The number of anilines is 1. The Kier molecular flexibility index (Phi) is 4.64. The zero-order chi connectivity index (χ0) is 15.4. The van der Waals surface area contributed by atoms with Gasteiger partial charge in [0.05, 0.1) is 23.4 Å². The number of nitrogens with two attached hydrogens (primary N) is 1. The second-order valence-corrected chi connectivity index (χ2v) is 4.72. The lowest BCUT2D eigenvalue weighted by atomic mass is 10.1. The molecule has 2 rings (SSSR count). The van der Waals surface area contributed by atoms with Gasteiger partial charge in [-0.25, -0.2) is 0 Å². The van der Waals surface area contributed by atoms with E-state index >= 15 is 0 Å². The number of halogens is 1. The summed E-state index contributed by atoms with van der Waals surface area (Å²) in [4.78, 5) is 16.2. The van der Waals surface area contributed by atoms with Gasteiger partial charge in [0.2, 0.25) is 5.89 Å². The van der Waals surface area contributed by atoms with E-state index in [-0.39, 0.29) is 5.91 Å². The lowest BCUT2D eigenvalue weighted by molar-refractivity contribution is 0.0950. The van der Waals surface area contributed by atoms with Gasteiger partial charge in [0, 0.05) is 19.0 Å². The number of aromatic nitrogens is 2. The molecule has 0 atom stereocenters. The molecule has 0 aliphatic heterocycles. The van der Waals surface area contributed by atoms with Gasteiger partial charge in [0.1, 0.15) is 5.75 Å². The number of aryl methyl sites for hydroxylation is 1. The molecular formula is C13H15ClN4O3. The van der Waals surface area contributed by atoms with E-state index in [1.165, 1.54) is 19.2 Å². The fraction of sp³-hybridized carbons (Fsp3) is 0.308. The maximum atomic E-state index is 12.1. The molecule has 0 aliphatic carbocycles. The summed E-state index contributed by atoms with van der Waals surface area (Å²) in [5.74, 6) is 1.08. The van der Waals surface area contributed by atoms with Crippen molar-refractivity contribution >= 4 is 23.2 Å². The van der Waals surface area contributed by atoms with Crippen LogP contribution in [0.15, 0.2) is 16.7 Å². The quantitative estimate of drug-likeness (QED) is 0.813. The van der Waals surface area contributed by atoms with Crippen LogP contribution in [0.2, 0.25) is 5.02 Å². The summed E-state index contributed by atoms with van der Waals surface area (Å²) in [7, 11) is 1.46. The third-order valence-electron chi connectivity index (χ3n) is 2.76. The molecule has 0 saturated heterocycles. The number of nitrogens with zero attached hydrogens (tertiary/aromatic N) is 2. The second kappa shape index (κ2) is 6.45. The number of hydrogen-bond donors (Lipinski definition) is 2. The first-order chi connectivity index (χ1) is 10.0. The lowest BCUT2D eigenvalue weighted by Gasteiger charge is -2.10. The Bertz CT molecular complexity index is 657. The minimum Gasteiger partial charge on any atom is -0.496 e. The van der Waals surface area contributed by atoms with Gasteiger partial charge in [-0.15, -0.1) is 0 Å². The number of amides is 1. The third-order valence-corrected chi connectivity index (χ3v) is 3.08. The van der Waals surface area contributed by atoms with Crippen LogP contribution in [0.1, 0.15) is 22.1 Å². The summed E-state index contributed by atoms with van der Waals surface area (Å²) in [6.45, 7) is 2.08. The van der Waals surface area contributed by atoms with Gasteiger partial charge >= 0.3 is 0 Å². The highest BCUT2D eigenvalue weighted by Gasteiger charge is 2.15. The van der Waals surface area contributed by atoms with Gasteiger partial charge in [-0.2, -0.15) is 4.98 Å². The Morgan fingerprint density at radius 1 is 1.52 bits per heavy atom. The standard InChI is InChI=1S/C13H15ClN4O3/c1-7-17-12(21-18-7)3-4-16-13(19)8-5-9(14)10(15)6-11(8)20-2/h5-6H,3-4,15H2,1-2H3,(H,16,19). The molecule has 0 saturated carbocycles. The van der Waals surface area contributed by atoms with E-state index in [0.717, 1.165) is 0 Å². The van der Waals surface area contributed by atoms with Gasteiger partial charge in [-0.1, -0.05) is 16.8 Å². The summed E-state index contributed by atoms with van der Waals surface area (Å²) >= 11 is 5.93. The van der Waals surface area contributed by atoms with Crippen molar-refractivity contribution in [2.45, 2.75) is 13.3 Å². The topological polar surface area (TPSA) is 103 Å². The van der Waals surface area contributed by atoms with E-state index in [9.17, 15) is 4.79 Å². The molecule has 21 heavy (non-hydrogen) atoms. The first-order valence-electron chi connectivity index (χ1n) is 6.21. The fourth-order valence-electron chi connectivity index (χ4n) is 1.74. The van der Waals surface area contributed by atoms with E-state index < -0.39 is 0 Å². The molecule has 1 heterocycles. The Morgan fingerprint density at radius 2 is 2.29 bits per heavy atom. The smallest absolute Gasteiger partial charge is 0.255 e. The van der Waals surface area contributed by atoms with Gasteiger partial charge in [-0.05, 0) is 13.0 Å². The summed E-state index contributed by atoms with van der Waals surface area (Å²) in [5.41, 5.74) is 6.34. The van der Waals surface area contributed by atoms with Crippen LogP contribution in [-0.4, -0.2) is 29.7 Å². The number of carbonyl (C=O) groups excluding carboxylic acids is 1. The Morgan fingerprint density at radius 3 is 2.90 bits per heavy atom. The molecule has 2 aromatic rings. The van der Waals surface area contributed by atoms with Crippen molar-refractivity contribution in [3.63, 3.8) is 0 Å². The number of ether oxygens (including phenoxy) is 1. The normalized spacial score (nSPS) is 10.4. The number of benzene rings is 1. The van der Waals surface area contributed by atoms with E-state index in [1.54, 1.807) is 6.92 Å². The Balaban J connectivity index is 2.01. The van der Waals surface area contributed by atoms with Crippen LogP contribution in [-0.2, 0) is 6.42 Å². The molecule has 0 unspecified atom stereocenters. The van der Waals surface area contributed by atoms with Gasteiger partial charge in [0.15, 0.2) is 5.82 Å². The van der Waals surface area contributed by atoms with Crippen LogP contribution in [0.25, 0.3) is 0 Å². The van der Waals surface area contributed by atoms with Crippen molar-refractivity contribution in [3.8, 4) is 5.75 Å². The molecule has 3 N–H and O–H groups in total. The molecule has 1 aromatic heterocycles. The highest BCUT2D eigenvalue weighted by Crippen LogP contribution is 2.28. The Labute approximate surface area is 126 Å². The third kappa shape index (κ3) is 3.63. The molecule has 1 aromatic carbocycles. The van der Waals surface area contributed by atoms with Gasteiger partial charge in [-0.3, -0.25) is 4.79 Å². The highest BCUT2D eigenvalue weighted by molar-refractivity contribution is 6.33. The number of nitrogen functional groups attached to an aromatic ring is 1. The number of nitrogens with one attached hydrogen (secondary N) is 1. The van der Waals surface area contributed by atoms with E-state index in [1.807, 2.05) is 0 Å². The van der Waals surface area contributed by atoms with Crippen LogP contribution in [0.4, 0.5) is 5.69 Å². The maximum absolute atomic E-state index is 12.1. The van der Waals surface area contributed by atoms with Crippen molar-refractivity contribution in [2.75, 3.05) is 19.4 Å². The average Bonchev–Trinajstić information content (AvgIpc) is 2.86. The number of methoxy groups -OCH3 is 1. The molecule has 8 heteroatoms. The molecule has 7 nitrogen and oxygen atoms in total. The first-order valence-corrected chi connectivity index (χ1v) is 6.59. The molecule has 0 fully saturated rings. The predicted molar refractivity (Wildman–Crippen MR) is 77.5 cm³/mol. The highest BCUT2D eigenvalue weighted by atomic mass is 35.5. The number of rotatable bonds is 5. The van der Waals surface area contributed by atoms with Crippen LogP contribution >= 0.6 is 11.6 Å². The lowest BCUT2D eigenvalue weighted by Crippen LogP contribution is -2.26. The molecule has 0 spiro atoms. The van der Waals surface area contributed by atoms with E-state index in [4.69, 9.17) is 26.6 Å². The van der Waals surface area contributed by atoms with Crippen molar-refractivity contribution in [1.82, 2.24) is 15.5 Å². The van der Waals surface area contributed by atoms with E-state index in [0.29, 0.717) is 46.7 Å². The minimum absolute atomic E-state index is 0.300. The molecule has 0 radical (unpaired) electrons. The van der Waals surface area contributed by atoms with Gasteiger partial charge < -0.3 is 20.3 Å². The summed E-state index contributed by atoms with van der Waals surface area (Å²) < 4.78 is 10.1. The Hall–Kier alpha value is -2.28. The van der Waals surface area contributed by atoms with Crippen molar-refractivity contribution < 1.29 is 14.1 Å². The molecule has 0 bridgehead atoms. The molecule has 112 valence electrons. The number of carbonyl (C=O) groups is 1. The first kappa shape index (κ1) is 15.1. The zero-order valence-electron chi connectivity index (χ0n) is 11.6. The van der Waals surface area contributed by atoms with Crippen LogP contribution in [0, 0.1) is 6.92 Å². The fourth-order valence-corrected chi connectivity index (χ4v) is 1.90. The van der Waals surface area contributed by atoms with E-state index in [2.05, 4.69) is 15.5 Å². The predicted octanol–water partition coefficient (Wildman–Crippen LogP) is 1.59. The summed E-state index contributed by atoms with van der Waals surface area (Å²) in [5, 5.41) is 6.70. The largest absolute Gasteiger partial charge is 0.496 e. The van der Waals surface area contributed by atoms with Crippen LogP contribution in [0.3, 0.4) is 0 Å². The minimum atomic E-state index is -0.315. The van der Waals surface area contributed by atoms with Gasteiger partial charge in [0.25, 0.3) is 5.91 Å². The zero-order valence-corrected chi connectivity index (χ0v) is 12.4. The average molecular weight is 311 g/mol. The summed E-state index contributed by atoms with van der Waals surface area (Å²) in [6.07, 6.45) is 0.442. The molecule has 0 aliphatic rings. The van der Waals surface area contributed by atoms with Crippen molar-refractivity contribution in [2.24, 2.45) is 0 Å². The SMILES string of the molecule is COc1cc(N)c(Cl)cc1C(=O)NCCc1nc(C)no1.